The number of rotatable bonds is 9. The maximum Gasteiger partial charge on any atom is 0.264 e. The van der Waals surface area contributed by atoms with E-state index < -0.39 is 30.2 Å². The second-order valence-corrected chi connectivity index (χ2v) is 7.84. The summed E-state index contributed by atoms with van der Waals surface area (Å²) in [6, 6.07) is 16.8. The number of carboxylic acid groups (broad SMARTS) is 1. The Morgan fingerprint density at radius 3 is 2.27 bits per heavy atom. The van der Waals surface area contributed by atoms with E-state index in [2.05, 4.69) is 20.6 Å². The number of carbonyl (C=O) groups is 3. The lowest BCUT2D eigenvalue weighted by atomic mass is 10.0. The molecule has 33 heavy (non-hydrogen) atoms. The van der Waals surface area contributed by atoms with Gasteiger partial charge in [0.1, 0.15) is 4.88 Å². The molecule has 0 saturated heterocycles. The Hall–Kier alpha value is -4.25. The molecule has 6 N–H and O–H groups in total. The zero-order valence-electron chi connectivity index (χ0n) is 17.4. The van der Waals surface area contributed by atoms with Gasteiger partial charge in [-0.3, -0.25) is 9.59 Å². The molecule has 2 aromatic carbocycles. The van der Waals surface area contributed by atoms with Gasteiger partial charge in [-0.05, 0) is 5.56 Å². The molecule has 0 bridgehead atoms. The third kappa shape index (κ3) is 6.61. The predicted molar refractivity (Wildman–Crippen MR) is 122 cm³/mol. The fraction of sp³-hybridized carbons (Fsp3) is 0.136. The molecule has 0 aliphatic carbocycles. The van der Waals surface area contributed by atoms with Crippen LogP contribution in [0.4, 0.5) is 5.13 Å². The molecule has 0 aliphatic heterocycles. The largest absolute Gasteiger partial charge is 0.550 e. The lowest BCUT2D eigenvalue weighted by Gasteiger charge is -2.20. The summed E-state index contributed by atoms with van der Waals surface area (Å²) >= 11 is 0.973. The molecule has 170 valence electrons. The molecule has 11 heteroatoms. The minimum Gasteiger partial charge on any atom is -0.550 e. The highest BCUT2D eigenvalue weighted by Gasteiger charge is 2.21. The number of amides is 2. The number of nitrogens with one attached hydrogen (secondary N) is 2. The molecule has 1 heterocycles. The van der Waals surface area contributed by atoms with Crippen molar-refractivity contribution in [3.8, 4) is 11.3 Å². The minimum atomic E-state index is -1.31. The first-order valence-corrected chi connectivity index (χ1v) is 10.6. The molecule has 3 rings (SSSR count). The number of nitrogens with zero attached hydrogens (tertiary/aromatic N) is 2. The van der Waals surface area contributed by atoms with Crippen molar-refractivity contribution in [3.63, 3.8) is 0 Å². The number of guanidine groups is 1. The van der Waals surface area contributed by atoms with E-state index in [1.807, 2.05) is 6.07 Å². The van der Waals surface area contributed by atoms with Crippen molar-refractivity contribution in [1.82, 2.24) is 15.6 Å². The summed E-state index contributed by atoms with van der Waals surface area (Å²) in [5.74, 6) is -2.62. The number of nitrogens with two attached hydrogens (primary N) is 2. The van der Waals surface area contributed by atoms with Gasteiger partial charge in [0.15, 0.2) is 5.96 Å². The molecule has 1 aromatic heterocycles. The highest BCUT2D eigenvalue weighted by Crippen LogP contribution is 2.32. The molecule has 0 aliphatic rings. The summed E-state index contributed by atoms with van der Waals surface area (Å²) in [4.78, 5) is 44.8. The monoisotopic (exact) mass is 465 g/mol. The Labute approximate surface area is 193 Å². The summed E-state index contributed by atoms with van der Waals surface area (Å²) in [5, 5.41) is 16.4. The number of carboxylic acids is 1. The van der Waals surface area contributed by atoms with Crippen molar-refractivity contribution in [2.75, 3.05) is 6.54 Å². The lowest BCUT2D eigenvalue weighted by molar-refractivity contribution is -0.306. The molecule has 1 unspecified atom stereocenters. The van der Waals surface area contributed by atoms with Crippen molar-refractivity contribution < 1.29 is 19.5 Å². The van der Waals surface area contributed by atoms with Gasteiger partial charge >= 0.3 is 0 Å². The molecule has 1 atom stereocenters. The van der Waals surface area contributed by atoms with E-state index >= 15 is 0 Å². The molecular weight excluding hydrogens is 444 g/mol. The summed E-state index contributed by atoms with van der Waals surface area (Å²) in [7, 11) is 0. The van der Waals surface area contributed by atoms with E-state index in [9.17, 15) is 19.5 Å². The number of hydrogen-bond donors (Lipinski definition) is 4. The van der Waals surface area contributed by atoms with Crippen LogP contribution in [0.1, 0.15) is 27.7 Å². The lowest BCUT2D eigenvalue weighted by Crippen LogP contribution is -2.40. The third-order valence-corrected chi connectivity index (χ3v) is 5.36. The number of aliphatic imine (C=N–C) groups is 1. The van der Waals surface area contributed by atoms with Gasteiger partial charge in [0.25, 0.3) is 5.91 Å². The Kier molecular flexibility index (Phi) is 7.71. The summed E-state index contributed by atoms with van der Waals surface area (Å²) in [6.45, 7) is -0.376. The Morgan fingerprint density at radius 2 is 1.67 bits per heavy atom. The average Bonchev–Trinajstić information content (AvgIpc) is 3.21. The van der Waals surface area contributed by atoms with Crippen LogP contribution < -0.4 is 27.2 Å². The molecular formula is C22H21N6O4S-. The van der Waals surface area contributed by atoms with Gasteiger partial charge in [-0.25, -0.2) is 4.98 Å². The van der Waals surface area contributed by atoms with E-state index in [0.29, 0.717) is 16.8 Å². The Morgan fingerprint density at radius 1 is 1.03 bits per heavy atom. The van der Waals surface area contributed by atoms with Crippen LogP contribution in [0.25, 0.3) is 11.3 Å². The first kappa shape index (κ1) is 23.4. The highest BCUT2D eigenvalue weighted by atomic mass is 32.1. The van der Waals surface area contributed by atoms with Gasteiger partial charge in [0.2, 0.25) is 11.0 Å². The number of thiazole rings is 1. The number of benzene rings is 2. The second-order valence-electron chi connectivity index (χ2n) is 6.87. The molecule has 0 saturated carbocycles. The first-order valence-electron chi connectivity index (χ1n) is 9.81. The Balaban J connectivity index is 1.73. The first-order chi connectivity index (χ1) is 15.8. The van der Waals surface area contributed by atoms with Crippen LogP contribution in [0, 0.1) is 0 Å². The van der Waals surface area contributed by atoms with Gasteiger partial charge in [-0.2, -0.15) is 4.99 Å². The van der Waals surface area contributed by atoms with Crippen molar-refractivity contribution in [2.45, 2.75) is 12.5 Å². The third-order valence-electron chi connectivity index (χ3n) is 4.41. The van der Waals surface area contributed by atoms with Gasteiger partial charge in [0.05, 0.1) is 18.3 Å². The topological polar surface area (TPSA) is 176 Å². The Bertz CT molecular complexity index is 1160. The second kappa shape index (κ2) is 10.9. The van der Waals surface area contributed by atoms with E-state index in [-0.39, 0.29) is 22.5 Å². The molecule has 0 radical (unpaired) electrons. The fourth-order valence-corrected chi connectivity index (χ4v) is 3.90. The van der Waals surface area contributed by atoms with Crippen molar-refractivity contribution in [2.24, 2.45) is 16.5 Å². The predicted octanol–water partition coefficient (Wildman–Crippen LogP) is 0.442. The number of aromatic nitrogens is 1. The standard InChI is InChI=1S/C22H22N6O4S/c23-21(24)28-22-27-18(14-9-5-2-6-10-14)19(33-22)20(32)25-12-16(29)26-15(11-17(30)31)13-7-3-1-4-8-13/h1-10,15H,11-12H2,(H,25,32)(H,26,29)(H,30,31)(H4,23,24,27,28)/p-1. The van der Waals surface area contributed by atoms with Crippen LogP contribution >= 0.6 is 11.3 Å². The highest BCUT2D eigenvalue weighted by molar-refractivity contribution is 7.17. The van der Waals surface area contributed by atoms with Gasteiger partial charge < -0.3 is 32.0 Å². The van der Waals surface area contributed by atoms with Crippen molar-refractivity contribution in [1.29, 1.82) is 0 Å². The quantitative estimate of drug-likeness (QED) is 0.262. The SMILES string of the molecule is NC(N)=Nc1nc(-c2ccccc2)c(C(=O)NCC(=O)NC(CC(=O)[O-])c2ccccc2)s1. The van der Waals surface area contributed by atoms with Crippen LogP contribution in [-0.2, 0) is 9.59 Å². The minimum absolute atomic E-state index is 0.196. The van der Waals surface area contributed by atoms with E-state index in [0.717, 1.165) is 11.3 Å². The van der Waals surface area contributed by atoms with Crippen LogP contribution in [0.3, 0.4) is 0 Å². The summed E-state index contributed by atoms with van der Waals surface area (Å²) in [6.07, 6.45) is -0.404. The van der Waals surface area contributed by atoms with Crippen LogP contribution in [0.15, 0.2) is 65.7 Å². The van der Waals surface area contributed by atoms with Gasteiger partial charge in [-0.1, -0.05) is 72.0 Å². The maximum atomic E-state index is 12.8. The molecule has 0 spiro atoms. The zero-order valence-corrected chi connectivity index (χ0v) is 18.2. The van der Waals surface area contributed by atoms with E-state index in [1.165, 1.54) is 0 Å². The van der Waals surface area contributed by atoms with Crippen LogP contribution in [0.2, 0.25) is 0 Å². The van der Waals surface area contributed by atoms with Crippen LogP contribution in [-0.4, -0.2) is 35.3 Å². The van der Waals surface area contributed by atoms with Gasteiger partial charge in [-0.15, -0.1) is 0 Å². The van der Waals surface area contributed by atoms with E-state index in [1.54, 1.807) is 54.6 Å². The van der Waals surface area contributed by atoms with Crippen molar-refractivity contribution >= 4 is 40.2 Å². The summed E-state index contributed by atoms with van der Waals surface area (Å²) < 4.78 is 0. The van der Waals surface area contributed by atoms with Crippen molar-refractivity contribution in [3.05, 3.63) is 71.1 Å². The maximum absolute atomic E-state index is 12.8. The molecule has 0 fully saturated rings. The number of hydrogen-bond acceptors (Lipinski definition) is 7. The normalized spacial score (nSPS) is 11.3. The fourth-order valence-electron chi connectivity index (χ4n) is 3.00. The molecule has 10 nitrogen and oxygen atoms in total. The smallest absolute Gasteiger partial charge is 0.264 e. The van der Waals surface area contributed by atoms with Crippen LogP contribution in [0.5, 0.6) is 0 Å². The summed E-state index contributed by atoms with van der Waals surface area (Å²) in [5.41, 5.74) is 12.5. The number of carbonyl (C=O) groups excluding carboxylic acids is 3. The molecule has 3 aromatic rings. The number of aliphatic carboxylic acids is 1. The molecule has 2 amide bonds. The average molecular weight is 466 g/mol. The van der Waals surface area contributed by atoms with Gasteiger partial charge in [0, 0.05) is 18.0 Å². The van der Waals surface area contributed by atoms with E-state index in [4.69, 9.17) is 11.5 Å². The zero-order chi connectivity index (χ0) is 23.8.